The van der Waals surface area contributed by atoms with E-state index in [1.807, 2.05) is 30.3 Å². The first-order chi connectivity index (χ1) is 7.26. The number of amides is 1. The Kier molecular flexibility index (Phi) is 4.84. The van der Waals surface area contributed by atoms with Crippen LogP contribution >= 0.6 is 11.6 Å². The quantitative estimate of drug-likeness (QED) is 0.761. The molecule has 0 unspecified atom stereocenters. The standard InChI is InChI=1S/C11H11ClNO2/c12-7-11(15)13-10(8-14)6-9-4-2-1-3-5-9/h1-5,10H,6-7H2,(H,13,15)/t10-/m0/s1. The molecule has 0 spiro atoms. The largest absolute Gasteiger partial charge is 0.344 e. The molecule has 0 aliphatic carbocycles. The maximum absolute atomic E-state index is 10.9. The first kappa shape index (κ1) is 11.7. The van der Waals surface area contributed by atoms with Crippen LogP contribution in [0.15, 0.2) is 30.3 Å². The van der Waals surface area contributed by atoms with Gasteiger partial charge in [0.1, 0.15) is 5.88 Å². The lowest BCUT2D eigenvalue weighted by Gasteiger charge is -2.10. The van der Waals surface area contributed by atoms with Crippen LogP contribution in [0.25, 0.3) is 0 Å². The Morgan fingerprint density at radius 3 is 2.60 bits per heavy atom. The molecule has 0 saturated heterocycles. The van der Waals surface area contributed by atoms with E-state index in [9.17, 15) is 9.59 Å². The molecule has 79 valence electrons. The van der Waals surface area contributed by atoms with Crippen LogP contribution < -0.4 is 5.32 Å². The fraction of sp³-hybridized carbons (Fsp3) is 0.273. The summed E-state index contributed by atoms with van der Waals surface area (Å²) < 4.78 is 0. The van der Waals surface area contributed by atoms with Gasteiger partial charge in [-0.25, -0.2) is 0 Å². The summed E-state index contributed by atoms with van der Waals surface area (Å²) in [5.41, 5.74) is 0.973. The monoisotopic (exact) mass is 224 g/mol. The number of halogens is 1. The van der Waals surface area contributed by atoms with Crippen molar-refractivity contribution in [3.05, 3.63) is 35.9 Å². The summed E-state index contributed by atoms with van der Waals surface area (Å²) in [5.74, 6) is -0.506. The third kappa shape index (κ3) is 4.13. The molecule has 3 nitrogen and oxygen atoms in total. The van der Waals surface area contributed by atoms with Gasteiger partial charge in [-0.2, -0.15) is 0 Å². The Morgan fingerprint density at radius 2 is 2.07 bits per heavy atom. The molecule has 4 heteroatoms. The molecule has 0 saturated carbocycles. The van der Waals surface area contributed by atoms with E-state index in [2.05, 4.69) is 5.32 Å². The molecule has 0 heterocycles. The smallest absolute Gasteiger partial charge is 0.235 e. The summed E-state index contributed by atoms with van der Waals surface area (Å²) in [4.78, 5) is 21.5. The lowest BCUT2D eigenvalue weighted by Crippen LogP contribution is -2.38. The maximum Gasteiger partial charge on any atom is 0.235 e. The molecule has 0 aliphatic heterocycles. The molecule has 1 N–H and O–H groups in total. The fourth-order valence-corrected chi connectivity index (χ4v) is 1.28. The Morgan fingerprint density at radius 1 is 1.40 bits per heavy atom. The predicted molar refractivity (Wildman–Crippen MR) is 58.5 cm³/mol. The molecule has 0 fully saturated rings. The Labute approximate surface area is 93.4 Å². The van der Waals surface area contributed by atoms with Crippen LogP contribution in [0.5, 0.6) is 0 Å². The number of alkyl halides is 1. The van der Waals surface area contributed by atoms with E-state index >= 15 is 0 Å². The topological polar surface area (TPSA) is 46.2 Å². The molecule has 1 rings (SSSR count). The second-order valence-corrected chi connectivity index (χ2v) is 3.33. The van der Waals surface area contributed by atoms with E-state index in [0.29, 0.717) is 6.42 Å². The minimum absolute atomic E-state index is 0.146. The Balaban J connectivity index is 2.54. The highest BCUT2D eigenvalue weighted by molar-refractivity contribution is 6.27. The van der Waals surface area contributed by atoms with Gasteiger partial charge in [0.2, 0.25) is 12.2 Å². The zero-order chi connectivity index (χ0) is 11.1. The molecule has 0 bridgehead atoms. The number of hydrogen-bond acceptors (Lipinski definition) is 2. The van der Waals surface area contributed by atoms with Gasteiger partial charge >= 0.3 is 0 Å². The van der Waals surface area contributed by atoms with Gasteiger partial charge in [-0.15, -0.1) is 11.6 Å². The Hall–Kier alpha value is -1.35. The molecule has 15 heavy (non-hydrogen) atoms. The molecule has 1 aromatic carbocycles. The first-order valence-corrected chi connectivity index (χ1v) is 5.06. The summed E-state index contributed by atoms with van der Waals surface area (Å²) in [6, 6.07) is 8.79. The predicted octanol–water partition coefficient (Wildman–Crippen LogP) is 1.06. The minimum atomic E-state index is -0.626. The molecule has 0 aliphatic rings. The summed E-state index contributed by atoms with van der Waals surface area (Å²) in [6.07, 6.45) is 2.21. The summed E-state index contributed by atoms with van der Waals surface area (Å²) in [7, 11) is 0. The van der Waals surface area contributed by atoms with E-state index in [1.165, 1.54) is 0 Å². The average Bonchev–Trinajstić information content (AvgIpc) is 2.29. The third-order valence-corrected chi connectivity index (χ3v) is 2.12. The van der Waals surface area contributed by atoms with Crippen LogP contribution in [0.1, 0.15) is 5.56 Å². The van der Waals surface area contributed by atoms with Gasteiger partial charge in [0.25, 0.3) is 0 Å². The molecular formula is C11H11ClNO2. The minimum Gasteiger partial charge on any atom is -0.344 e. The van der Waals surface area contributed by atoms with Crippen LogP contribution in [0, 0.1) is 0 Å². The van der Waals surface area contributed by atoms with Crippen LogP contribution in [0.2, 0.25) is 0 Å². The van der Waals surface area contributed by atoms with Crippen molar-refractivity contribution >= 4 is 23.8 Å². The highest BCUT2D eigenvalue weighted by Gasteiger charge is 2.11. The second kappa shape index (κ2) is 6.19. The molecule has 1 atom stereocenters. The first-order valence-electron chi connectivity index (χ1n) is 4.53. The zero-order valence-corrected chi connectivity index (χ0v) is 8.83. The Bertz CT molecular complexity index is 327. The number of nitrogens with one attached hydrogen (secondary N) is 1. The highest BCUT2D eigenvalue weighted by atomic mass is 35.5. The van der Waals surface area contributed by atoms with E-state index in [1.54, 1.807) is 6.29 Å². The van der Waals surface area contributed by atoms with Crippen LogP contribution in [0.4, 0.5) is 0 Å². The number of benzene rings is 1. The van der Waals surface area contributed by atoms with Crippen LogP contribution in [-0.2, 0) is 16.0 Å². The summed E-state index contributed by atoms with van der Waals surface area (Å²) in [5, 5.41) is 2.47. The molecule has 1 aromatic rings. The molecule has 1 radical (unpaired) electrons. The van der Waals surface area contributed by atoms with Crippen molar-refractivity contribution in [3.63, 3.8) is 0 Å². The van der Waals surface area contributed by atoms with Gasteiger partial charge in [0, 0.05) is 6.42 Å². The SMILES string of the molecule is O=[C][C@H](Cc1ccccc1)NC(=O)CCl. The lowest BCUT2D eigenvalue weighted by atomic mass is 10.1. The lowest BCUT2D eigenvalue weighted by molar-refractivity contribution is -0.118. The normalized spacial score (nSPS) is 11.8. The van der Waals surface area contributed by atoms with Crippen molar-refractivity contribution < 1.29 is 9.59 Å². The number of hydrogen-bond donors (Lipinski definition) is 1. The summed E-state index contributed by atoms with van der Waals surface area (Å²) in [6.45, 7) is 0. The van der Waals surface area contributed by atoms with Crippen molar-refractivity contribution in [2.24, 2.45) is 0 Å². The average molecular weight is 225 g/mol. The zero-order valence-electron chi connectivity index (χ0n) is 8.07. The number of carbonyl (C=O) groups excluding carboxylic acids is 2. The van der Waals surface area contributed by atoms with Crippen LogP contribution in [0.3, 0.4) is 0 Å². The molecule has 1 amide bonds. The van der Waals surface area contributed by atoms with Gasteiger partial charge in [0.05, 0.1) is 6.04 Å². The second-order valence-electron chi connectivity index (χ2n) is 3.06. The van der Waals surface area contributed by atoms with Gasteiger partial charge in [-0.05, 0) is 5.56 Å². The van der Waals surface area contributed by atoms with Crippen LogP contribution in [-0.4, -0.2) is 24.1 Å². The van der Waals surface area contributed by atoms with Crippen molar-refractivity contribution in [1.82, 2.24) is 5.32 Å². The fourth-order valence-electron chi connectivity index (χ4n) is 1.20. The van der Waals surface area contributed by atoms with E-state index < -0.39 is 6.04 Å². The maximum atomic E-state index is 10.9. The van der Waals surface area contributed by atoms with Gasteiger partial charge in [-0.1, -0.05) is 30.3 Å². The van der Waals surface area contributed by atoms with Crippen molar-refractivity contribution in [1.29, 1.82) is 0 Å². The van der Waals surface area contributed by atoms with Gasteiger partial charge in [0.15, 0.2) is 0 Å². The molecular weight excluding hydrogens is 214 g/mol. The highest BCUT2D eigenvalue weighted by Crippen LogP contribution is 2.01. The van der Waals surface area contributed by atoms with Gasteiger partial charge in [-0.3, -0.25) is 9.59 Å². The summed E-state index contributed by atoms with van der Waals surface area (Å²) >= 11 is 5.31. The van der Waals surface area contributed by atoms with Crippen molar-refractivity contribution in [3.8, 4) is 0 Å². The third-order valence-electron chi connectivity index (χ3n) is 1.88. The van der Waals surface area contributed by atoms with E-state index in [0.717, 1.165) is 5.56 Å². The van der Waals surface area contributed by atoms with E-state index in [-0.39, 0.29) is 11.8 Å². The number of carbonyl (C=O) groups is 1. The van der Waals surface area contributed by atoms with Crippen molar-refractivity contribution in [2.75, 3.05) is 5.88 Å². The van der Waals surface area contributed by atoms with E-state index in [4.69, 9.17) is 11.6 Å². The van der Waals surface area contributed by atoms with Gasteiger partial charge < -0.3 is 5.32 Å². The number of rotatable bonds is 5. The molecule has 0 aromatic heterocycles. The van der Waals surface area contributed by atoms with Crippen molar-refractivity contribution in [2.45, 2.75) is 12.5 Å².